The van der Waals surface area contributed by atoms with Crippen LogP contribution in [-0.2, 0) is 0 Å². The minimum absolute atomic E-state index is 1.08. The van der Waals surface area contributed by atoms with Gasteiger partial charge in [0.15, 0.2) is 0 Å². The Kier molecular flexibility index (Phi) is 15.7. The van der Waals surface area contributed by atoms with Gasteiger partial charge in [0.25, 0.3) is 0 Å². The van der Waals surface area contributed by atoms with Crippen molar-refractivity contribution in [1.29, 1.82) is 0 Å². The highest BCUT2D eigenvalue weighted by Gasteiger charge is 2.10. The second kappa shape index (κ2) is 24.0. The third-order valence-electron chi connectivity index (χ3n) is 14.5. The Hall–Kier alpha value is -8.46. The summed E-state index contributed by atoms with van der Waals surface area (Å²) in [5, 5.41) is 14.5. The van der Waals surface area contributed by atoms with E-state index in [9.17, 15) is 0 Å². The quantitative estimate of drug-likeness (QED) is 0.151. The van der Waals surface area contributed by atoms with Crippen molar-refractivity contribution >= 4 is 189 Å². The topological polar surface area (TPSA) is 77.3 Å². The van der Waals surface area contributed by atoms with Crippen LogP contribution in [0.3, 0.4) is 0 Å². The Balaban J connectivity index is 0.0000000940. The third-order valence-corrected chi connectivity index (χ3v) is 21.4. The predicted octanol–water partition coefficient (Wildman–Crippen LogP) is 22.5. The second-order valence-corrected chi connectivity index (χ2v) is 26.8. The van der Waals surface area contributed by atoms with Crippen LogP contribution in [-0.4, -0.2) is 29.9 Å². The van der Waals surface area contributed by atoms with Crippen molar-refractivity contribution in [3.63, 3.8) is 0 Å². The van der Waals surface area contributed by atoms with E-state index in [2.05, 4.69) is 238 Å². The molecule has 0 saturated heterocycles. The standard InChI is InChI=1S/6C12H9NS/c1-8-6-12-10(7-13-8)9-4-2-3-5-11(9)14-12;1-8-6-10-9-4-2-3-5-11(9)14-12(10)7-13-8;1-8-12-10(6-7-13-8)9-4-2-3-5-11(9)14-12;1-8-12-9-4-2-3-5-10(9)14-11(12)6-7-13-8;1-8-6-7-10-9-4-2-3-5-11(9)14-12(10)13-8;1-8-6-7-11-12(13-8)9-4-2-3-5-10(9)14-11/h6*2-7H,1H3. The highest BCUT2D eigenvalue weighted by atomic mass is 32.1. The molecule has 0 unspecified atom stereocenters. The minimum Gasteiger partial charge on any atom is -0.261 e. The van der Waals surface area contributed by atoms with Crippen LogP contribution in [0, 0.1) is 41.5 Å². The number of aryl methyl sites for hydroxylation is 6. The lowest BCUT2D eigenvalue weighted by Crippen LogP contribution is -1.78. The lowest BCUT2D eigenvalue weighted by Gasteiger charge is -1.94. The largest absolute Gasteiger partial charge is 0.261 e. The molecule has 12 heterocycles. The number of aromatic nitrogens is 6. The first-order valence-electron chi connectivity index (χ1n) is 27.5. The van der Waals surface area contributed by atoms with E-state index in [0.29, 0.717) is 0 Å². The molecule has 0 spiro atoms. The first kappa shape index (κ1) is 54.8. The smallest absolute Gasteiger partial charge is 0.124 e. The summed E-state index contributed by atoms with van der Waals surface area (Å²) in [4.78, 5) is 27.5. The maximum Gasteiger partial charge on any atom is 0.124 e. The number of nitrogens with zero attached hydrogens (tertiary/aromatic N) is 6. The van der Waals surface area contributed by atoms with Gasteiger partial charge in [-0.15, -0.1) is 68.0 Å². The molecule has 12 heteroatoms. The van der Waals surface area contributed by atoms with Gasteiger partial charge in [-0.2, -0.15) is 0 Å². The average molecular weight is 1200 g/mol. The van der Waals surface area contributed by atoms with Crippen LogP contribution < -0.4 is 0 Å². The molecule has 12 aromatic heterocycles. The lowest BCUT2D eigenvalue weighted by atomic mass is 10.1. The number of hydrogen-bond acceptors (Lipinski definition) is 12. The SMILES string of the molecule is Cc1cc2c(cn1)sc1ccccc12.Cc1cc2sc3ccccc3c2cn1.Cc1ccc2c(n1)sc1ccccc12.Cc1ccc2sc3ccccc3c2n1.Cc1nccc2c1sc1ccccc12.Cc1nccc2sc3ccccc3c12. The summed E-state index contributed by atoms with van der Waals surface area (Å²) in [6.45, 7) is 12.3. The van der Waals surface area contributed by atoms with Crippen molar-refractivity contribution in [2.45, 2.75) is 41.5 Å². The third kappa shape index (κ3) is 11.2. The zero-order valence-corrected chi connectivity index (χ0v) is 51.8. The van der Waals surface area contributed by atoms with Crippen LogP contribution in [0.5, 0.6) is 0 Å². The van der Waals surface area contributed by atoms with Gasteiger partial charge in [0.2, 0.25) is 0 Å². The molecule has 18 aromatic rings. The van der Waals surface area contributed by atoms with Crippen molar-refractivity contribution in [2.75, 3.05) is 0 Å². The van der Waals surface area contributed by atoms with Gasteiger partial charge in [-0.1, -0.05) is 109 Å². The van der Waals surface area contributed by atoms with E-state index in [1.807, 2.05) is 109 Å². The van der Waals surface area contributed by atoms with Crippen molar-refractivity contribution in [3.05, 3.63) is 253 Å². The molecule has 18 rings (SSSR count). The fourth-order valence-electron chi connectivity index (χ4n) is 10.5. The van der Waals surface area contributed by atoms with Gasteiger partial charge >= 0.3 is 0 Å². The normalized spacial score (nSPS) is 11.2. The maximum absolute atomic E-state index is 4.57. The minimum atomic E-state index is 1.08. The van der Waals surface area contributed by atoms with E-state index in [4.69, 9.17) is 0 Å². The Labute approximate surface area is 509 Å². The number of fused-ring (bicyclic) bond motifs is 18. The fraction of sp³-hybridized carbons (Fsp3) is 0.0833. The molecule has 6 aromatic carbocycles. The Morgan fingerprint density at radius 1 is 0.262 bits per heavy atom. The molecule has 0 bridgehead atoms. The summed E-state index contributed by atoms with van der Waals surface area (Å²) in [5.41, 5.74) is 7.74. The van der Waals surface area contributed by atoms with E-state index < -0.39 is 0 Å². The Morgan fingerprint density at radius 3 is 1.44 bits per heavy atom. The van der Waals surface area contributed by atoms with Gasteiger partial charge in [-0.25, -0.2) is 4.98 Å². The van der Waals surface area contributed by atoms with Crippen molar-refractivity contribution in [2.24, 2.45) is 0 Å². The van der Waals surface area contributed by atoms with Gasteiger partial charge in [0, 0.05) is 150 Å². The van der Waals surface area contributed by atoms with Crippen molar-refractivity contribution in [1.82, 2.24) is 29.9 Å². The molecule has 0 atom stereocenters. The predicted molar refractivity (Wildman–Crippen MR) is 371 cm³/mol. The zero-order chi connectivity index (χ0) is 57.3. The summed E-state index contributed by atoms with van der Waals surface area (Å²) in [5.74, 6) is 0. The highest BCUT2D eigenvalue weighted by Crippen LogP contribution is 2.38. The Bertz CT molecular complexity index is 5130. The highest BCUT2D eigenvalue weighted by molar-refractivity contribution is 7.27. The first-order valence-corrected chi connectivity index (χ1v) is 32.4. The first-order chi connectivity index (χ1) is 41.1. The molecule has 0 radical (unpaired) electrons. The van der Waals surface area contributed by atoms with Crippen LogP contribution >= 0.6 is 68.0 Å². The van der Waals surface area contributed by atoms with Gasteiger partial charge in [-0.05, 0) is 126 Å². The van der Waals surface area contributed by atoms with Crippen LogP contribution in [0.4, 0.5) is 0 Å². The van der Waals surface area contributed by atoms with Crippen molar-refractivity contribution < 1.29 is 0 Å². The molecule has 0 aliphatic rings. The zero-order valence-electron chi connectivity index (χ0n) is 46.9. The van der Waals surface area contributed by atoms with Gasteiger partial charge in [-0.3, -0.25) is 24.9 Å². The van der Waals surface area contributed by atoms with Crippen LogP contribution in [0.2, 0.25) is 0 Å². The van der Waals surface area contributed by atoms with E-state index in [-0.39, 0.29) is 0 Å². The van der Waals surface area contributed by atoms with E-state index in [0.717, 1.165) is 44.5 Å². The fourth-order valence-corrected chi connectivity index (χ4v) is 17.2. The lowest BCUT2D eigenvalue weighted by molar-refractivity contribution is 1.23. The van der Waals surface area contributed by atoms with Gasteiger partial charge < -0.3 is 0 Å². The van der Waals surface area contributed by atoms with E-state index >= 15 is 0 Å². The number of hydrogen-bond donors (Lipinski definition) is 0. The summed E-state index contributed by atoms with van der Waals surface area (Å²) < 4.78 is 14.5. The average Bonchev–Trinajstić information content (AvgIpc) is 4.53. The van der Waals surface area contributed by atoms with Gasteiger partial charge in [0.05, 0.1) is 25.3 Å². The number of benzene rings is 6. The van der Waals surface area contributed by atoms with Gasteiger partial charge in [0.1, 0.15) is 4.83 Å². The monoisotopic (exact) mass is 1190 g/mol. The summed E-state index contributed by atoms with van der Waals surface area (Å²) >= 11 is 10.9. The molecule has 0 aliphatic carbocycles. The van der Waals surface area contributed by atoms with E-state index in [1.165, 1.54) is 111 Å². The number of rotatable bonds is 0. The van der Waals surface area contributed by atoms with Crippen LogP contribution in [0.1, 0.15) is 34.2 Å². The second-order valence-electron chi connectivity index (χ2n) is 20.4. The Morgan fingerprint density at radius 2 is 0.738 bits per heavy atom. The molecule has 0 fully saturated rings. The molecule has 6 nitrogen and oxygen atoms in total. The van der Waals surface area contributed by atoms with E-state index in [1.54, 1.807) is 11.3 Å². The van der Waals surface area contributed by atoms with Crippen LogP contribution in [0.25, 0.3) is 121 Å². The molecule has 408 valence electrons. The molecular formula is C72H54N6S6. The molecule has 0 N–H and O–H groups in total. The number of thiophene rings is 6. The molecule has 84 heavy (non-hydrogen) atoms. The summed E-state index contributed by atoms with van der Waals surface area (Å²) in [6.07, 6.45) is 7.71. The molecule has 0 aliphatic heterocycles. The van der Waals surface area contributed by atoms with Crippen LogP contribution in [0.15, 0.2) is 219 Å². The summed E-state index contributed by atoms with van der Waals surface area (Å²) in [6, 6.07) is 67.8. The molecular weight excluding hydrogens is 1140 g/mol. The number of pyridine rings is 6. The van der Waals surface area contributed by atoms with Crippen molar-refractivity contribution in [3.8, 4) is 0 Å². The molecule has 0 saturated carbocycles. The maximum atomic E-state index is 4.57. The summed E-state index contributed by atoms with van der Waals surface area (Å²) in [7, 11) is 0. The molecule has 0 amide bonds.